The van der Waals surface area contributed by atoms with Crippen molar-refractivity contribution in [3.63, 3.8) is 0 Å². The maximum absolute atomic E-state index is 5.71. The van der Waals surface area contributed by atoms with Crippen LogP contribution in [-0.4, -0.2) is 13.2 Å². The maximum atomic E-state index is 5.71. The number of hydrogen-bond acceptors (Lipinski definition) is 1. The first-order valence-electron chi connectivity index (χ1n) is 6.85. The summed E-state index contributed by atoms with van der Waals surface area (Å²) in [5, 5.41) is 0. The van der Waals surface area contributed by atoms with E-state index in [1.807, 2.05) is 0 Å². The molecule has 4 rings (SSSR count). The molecule has 1 fully saturated rings. The number of fused-ring (bicyclic) bond motifs is 2. The van der Waals surface area contributed by atoms with Crippen LogP contribution in [-0.2, 0) is 4.74 Å². The quantitative estimate of drug-likeness (QED) is 0.744. The number of ether oxygens (including phenoxy) is 1. The van der Waals surface area contributed by atoms with E-state index in [0.29, 0.717) is 11.8 Å². The average molecular weight is 248 g/mol. The molecule has 0 N–H and O–H groups in total. The van der Waals surface area contributed by atoms with Gasteiger partial charge in [-0.3, -0.25) is 0 Å². The van der Waals surface area contributed by atoms with Crippen molar-refractivity contribution in [3.8, 4) is 0 Å². The van der Waals surface area contributed by atoms with E-state index in [1.165, 1.54) is 22.3 Å². The summed E-state index contributed by atoms with van der Waals surface area (Å²) in [5.41, 5.74) is 5.64. The highest BCUT2D eigenvalue weighted by molar-refractivity contribution is 5.64. The van der Waals surface area contributed by atoms with E-state index in [2.05, 4.69) is 60.7 Å². The molecule has 1 unspecified atom stereocenters. The van der Waals surface area contributed by atoms with Crippen LogP contribution in [0.4, 0.5) is 0 Å². The molecule has 1 heterocycles. The molecule has 19 heavy (non-hydrogen) atoms. The molecule has 0 spiro atoms. The highest BCUT2D eigenvalue weighted by Gasteiger charge is 2.35. The van der Waals surface area contributed by atoms with Gasteiger partial charge in [0.2, 0.25) is 0 Å². The van der Waals surface area contributed by atoms with Gasteiger partial charge in [0.15, 0.2) is 0 Å². The van der Waals surface area contributed by atoms with Crippen molar-refractivity contribution in [3.05, 3.63) is 76.9 Å². The minimum absolute atomic E-state index is 0.444. The van der Waals surface area contributed by atoms with Crippen LogP contribution in [0, 0.1) is 5.92 Å². The summed E-state index contributed by atoms with van der Waals surface area (Å²) >= 11 is 0. The molecule has 1 aliphatic heterocycles. The van der Waals surface area contributed by atoms with E-state index in [9.17, 15) is 0 Å². The summed E-state index contributed by atoms with van der Waals surface area (Å²) in [7, 11) is 0. The highest BCUT2D eigenvalue weighted by atomic mass is 16.5. The lowest BCUT2D eigenvalue weighted by Crippen LogP contribution is -2.20. The first-order valence-corrected chi connectivity index (χ1v) is 6.85. The Balaban J connectivity index is 1.91. The van der Waals surface area contributed by atoms with E-state index < -0.39 is 0 Å². The van der Waals surface area contributed by atoms with Crippen LogP contribution in [0.5, 0.6) is 0 Å². The minimum Gasteiger partial charge on any atom is -0.376 e. The Morgan fingerprint density at radius 2 is 1.68 bits per heavy atom. The van der Waals surface area contributed by atoms with Gasteiger partial charge in [-0.15, -0.1) is 0 Å². The lowest BCUT2D eigenvalue weighted by Gasteiger charge is -2.30. The third-order valence-electron chi connectivity index (χ3n) is 4.28. The summed E-state index contributed by atoms with van der Waals surface area (Å²) in [5.74, 6) is 0.956. The maximum Gasteiger partial charge on any atom is 0.0684 e. The zero-order valence-corrected chi connectivity index (χ0v) is 10.8. The van der Waals surface area contributed by atoms with Crippen molar-refractivity contribution >= 4 is 6.08 Å². The Morgan fingerprint density at radius 1 is 0.895 bits per heavy atom. The topological polar surface area (TPSA) is 9.23 Å². The van der Waals surface area contributed by atoms with E-state index >= 15 is 0 Å². The molecule has 2 aliphatic rings. The van der Waals surface area contributed by atoms with Crippen LogP contribution < -0.4 is 0 Å². The van der Waals surface area contributed by atoms with Crippen LogP contribution in [0.2, 0.25) is 0 Å². The Bertz CT molecular complexity index is 627. The van der Waals surface area contributed by atoms with E-state index in [4.69, 9.17) is 4.74 Å². The molecule has 2 atom stereocenters. The minimum atomic E-state index is 0.444. The Labute approximate surface area is 113 Å². The summed E-state index contributed by atoms with van der Waals surface area (Å²) < 4.78 is 5.71. The second-order valence-corrected chi connectivity index (χ2v) is 5.36. The highest BCUT2D eigenvalue weighted by Crippen LogP contribution is 2.44. The molecule has 0 amide bonds. The second kappa shape index (κ2) is 4.36. The van der Waals surface area contributed by atoms with Gasteiger partial charge in [0.25, 0.3) is 0 Å². The van der Waals surface area contributed by atoms with Crippen LogP contribution in [0.25, 0.3) is 6.08 Å². The largest absolute Gasteiger partial charge is 0.376 e. The fourth-order valence-corrected chi connectivity index (χ4v) is 3.39. The summed E-state index contributed by atoms with van der Waals surface area (Å²) in [4.78, 5) is 0. The third kappa shape index (κ3) is 1.73. The Morgan fingerprint density at radius 3 is 2.58 bits per heavy atom. The summed E-state index contributed by atoms with van der Waals surface area (Å²) in [6.45, 7) is 1.64. The van der Waals surface area contributed by atoms with Gasteiger partial charge in [0.05, 0.1) is 13.2 Å². The normalized spacial score (nSPS) is 24.5. The fourth-order valence-electron chi connectivity index (χ4n) is 3.39. The van der Waals surface area contributed by atoms with Crippen molar-refractivity contribution < 1.29 is 4.74 Å². The van der Waals surface area contributed by atoms with Crippen molar-refractivity contribution in [1.29, 1.82) is 0 Å². The van der Waals surface area contributed by atoms with E-state index in [0.717, 1.165) is 13.2 Å². The van der Waals surface area contributed by atoms with Crippen LogP contribution in [0.15, 0.2) is 60.2 Å². The molecule has 0 aromatic heterocycles. The molecule has 0 bridgehead atoms. The fraction of sp³-hybridized carbons (Fsp3) is 0.222. The lowest BCUT2D eigenvalue weighted by atomic mass is 9.73. The van der Waals surface area contributed by atoms with Crippen molar-refractivity contribution in [1.82, 2.24) is 0 Å². The smallest absolute Gasteiger partial charge is 0.0684 e. The van der Waals surface area contributed by atoms with Gasteiger partial charge in [-0.1, -0.05) is 60.7 Å². The molecule has 0 saturated carbocycles. The standard InChI is InChI=1S/C18H16O/c1-2-6-13(7-3-1)18-16-9-5-4-8-14(16)10-15-11-19-12-17(15)18/h1-10,17-18H,11-12H2/t17-,18?/m0/s1. The monoisotopic (exact) mass is 248 g/mol. The van der Waals surface area contributed by atoms with Crippen molar-refractivity contribution in [2.75, 3.05) is 13.2 Å². The van der Waals surface area contributed by atoms with Gasteiger partial charge in [-0.25, -0.2) is 0 Å². The Kier molecular flexibility index (Phi) is 2.52. The van der Waals surface area contributed by atoms with Crippen LogP contribution in [0.1, 0.15) is 22.6 Å². The first kappa shape index (κ1) is 11.0. The average Bonchev–Trinajstić information content (AvgIpc) is 2.93. The van der Waals surface area contributed by atoms with Crippen molar-refractivity contribution in [2.45, 2.75) is 5.92 Å². The molecule has 1 nitrogen and oxygen atoms in total. The van der Waals surface area contributed by atoms with Crippen LogP contribution in [0.3, 0.4) is 0 Å². The Hall–Kier alpha value is -1.86. The van der Waals surface area contributed by atoms with Gasteiger partial charge in [-0.2, -0.15) is 0 Å². The molecule has 2 aromatic carbocycles. The molecule has 2 aromatic rings. The van der Waals surface area contributed by atoms with E-state index in [1.54, 1.807) is 0 Å². The zero-order chi connectivity index (χ0) is 12.7. The van der Waals surface area contributed by atoms with Gasteiger partial charge in [0, 0.05) is 11.8 Å². The molecule has 1 aliphatic carbocycles. The molecule has 0 radical (unpaired) electrons. The summed E-state index contributed by atoms with van der Waals surface area (Å²) in [6.07, 6.45) is 2.33. The molecular formula is C18H16O. The van der Waals surface area contributed by atoms with Crippen LogP contribution >= 0.6 is 0 Å². The van der Waals surface area contributed by atoms with Gasteiger partial charge in [0.1, 0.15) is 0 Å². The zero-order valence-electron chi connectivity index (χ0n) is 10.8. The van der Waals surface area contributed by atoms with Crippen molar-refractivity contribution in [2.24, 2.45) is 5.92 Å². The van der Waals surface area contributed by atoms with Gasteiger partial charge >= 0.3 is 0 Å². The molecular weight excluding hydrogens is 232 g/mol. The number of benzene rings is 2. The molecule has 1 saturated heterocycles. The second-order valence-electron chi connectivity index (χ2n) is 5.36. The van der Waals surface area contributed by atoms with E-state index in [-0.39, 0.29) is 0 Å². The predicted octanol–water partition coefficient (Wildman–Crippen LogP) is 3.86. The van der Waals surface area contributed by atoms with Gasteiger partial charge in [-0.05, 0) is 22.3 Å². The molecule has 1 heteroatoms. The van der Waals surface area contributed by atoms with Gasteiger partial charge < -0.3 is 4.74 Å². The molecule has 94 valence electrons. The number of rotatable bonds is 1. The first-order chi connectivity index (χ1) is 9.43. The SMILES string of the molecule is C1=C2COC[C@@H]2C(c2ccccc2)c2ccccc21. The predicted molar refractivity (Wildman–Crippen MR) is 77.0 cm³/mol. The third-order valence-corrected chi connectivity index (χ3v) is 4.28. The number of hydrogen-bond donors (Lipinski definition) is 0. The summed E-state index contributed by atoms with van der Waals surface area (Å²) in [6, 6.07) is 19.6. The lowest BCUT2D eigenvalue weighted by molar-refractivity contribution is 0.185.